The predicted molar refractivity (Wildman–Crippen MR) is 210 cm³/mol. The lowest BCUT2D eigenvalue weighted by Gasteiger charge is -2.12. The number of ether oxygens (including phenoxy) is 2. The highest BCUT2D eigenvalue weighted by molar-refractivity contribution is 6.04. The molecule has 0 spiro atoms. The first-order valence-electron chi connectivity index (χ1n) is 21.7. The Hall–Kier alpha value is -2.37. The SMILES string of the molecule is CCCCCCCCCCCCCCCCCCOC(=O)c1ccc(C(=O)[O-])cc1C(=O)OCCCCCCCCCCCCCCCCCC. The van der Waals surface area contributed by atoms with E-state index in [0.29, 0.717) is 0 Å². The van der Waals surface area contributed by atoms with Crippen LogP contribution in [-0.4, -0.2) is 31.1 Å². The average molecular weight is 714 g/mol. The maximum Gasteiger partial charge on any atom is 0.339 e. The number of carboxylic acids is 1. The van der Waals surface area contributed by atoms with E-state index < -0.39 is 17.9 Å². The van der Waals surface area contributed by atoms with Crippen LogP contribution in [0, 0.1) is 0 Å². The number of hydrogen-bond donors (Lipinski definition) is 0. The topological polar surface area (TPSA) is 92.7 Å². The molecule has 0 aliphatic carbocycles. The normalized spacial score (nSPS) is 11.2. The van der Waals surface area contributed by atoms with E-state index >= 15 is 0 Å². The van der Waals surface area contributed by atoms with Crippen LogP contribution < -0.4 is 5.11 Å². The molecule has 1 rings (SSSR count). The minimum Gasteiger partial charge on any atom is -0.545 e. The zero-order valence-electron chi connectivity index (χ0n) is 33.2. The summed E-state index contributed by atoms with van der Waals surface area (Å²) < 4.78 is 10.9. The molecule has 0 unspecified atom stereocenters. The summed E-state index contributed by atoms with van der Waals surface area (Å²) in [5.41, 5.74) is -0.211. The van der Waals surface area contributed by atoms with Crippen molar-refractivity contribution >= 4 is 17.9 Å². The standard InChI is InChI=1S/C45H78O6/c1-3-5-7-9-11-13-15-17-19-21-23-25-27-29-31-33-37-50-44(48)41-36-35-40(43(46)47)39-42(41)45(49)51-38-34-32-30-28-26-24-22-20-18-16-14-12-10-8-6-4-2/h35-36,39H,3-34,37-38H2,1-2H3,(H,46,47)/p-1. The molecule has 0 aromatic heterocycles. The van der Waals surface area contributed by atoms with E-state index in [1.165, 1.54) is 179 Å². The van der Waals surface area contributed by atoms with Crippen molar-refractivity contribution in [3.63, 3.8) is 0 Å². The third-order valence-corrected chi connectivity index (χ3v) is 10.2. The zero-order valence-corrected chi connectivity index (χ0v) is 33.2. The summed E-state index contributed by atoms with van der Waals surface area (Å²) in [6.45, 7) is 5.04. The molecule has 1 aromatic rings. The Morgan fingerprint density at radius 3 is 0.980 bits per heavy atom. The van der Waals surface area contributed by atoms with Gasteiger partial charge in [0.2, 0.25) is 0 Å². The van der Waals surface area contributed by atoms with Gasteiger partial charge in [-0.1, -0.05) is 213 Å². The second-order valence-corrected chi connectivity index (χ2v) is 14.9. The number of carbonyl (C=O) groups excluding carboxylic acids is 3. The van der Waals surface area contributed by atoms with E-state index in [-0.39, 0.29) is 29.9 Å². The predicted octanol–water partition coefficient (Wildman–Crippen LogP) is 12.9. The Morgan fingerprint density at radius 2 is 0.686 bits per heavy atom. The van der Waals surface area contributed by atoms with Crippen molar-refractivity contribution < 1.29 is 29.0 Å². The molecule has 0 aliphatic heterocycles. The van der Waals surface area contributed by atoms with Crippen LogP contribution in [-0.2, 0) is 9.47 Å². The van der Waals surface area contributed by atoms with Crippen molar-refractivity contribution in [2.75, 3.05) is 13.2 Å². The third kappa shape index (κ3) is 27.0. The molecule has 0 radical (unpaired) electrons. The average Bonchev–Trinajstić information content (AvgIpc) is 3.13. The minimum atomic E-state index is -1.41. The fourth-order valence-electron chi connectivity index (χ4n) is 6.80. The largest absolute Gasteiger partial charge is 0.545 e. The van der Waals surface area contributed by atoms with Crippen LogP contribution in [0.25, 0.3) is 0 Å². The van der Waals surface area contributed by atoms with Crippen LogP contribution in [0.5, 0.6) is 0 Å². The van der Waals surface area contributed by atoms with Crippen LogP contribution in [0.3, 0.4) is 0 Å². The minimum absolute atomic E-state index is 0.0356. The molecule has 0 saturated carbocycles. The van der Waals surface area contributed by atoms with Gasteiger partial charge in [-0.2, -0.15) is 0 Å². The van der Waals surface area contributed by atoms with Gasteiger partial charge in [-0.25, -0.2) is 9.59 Å². The Morgan fingerprint density at radius 1 is 0.412 bits per heavy atom. The summed E-state index contributed by atoms with van der Waals surface area (Å²) >= 11 is 0. The number of unbranched alkanes of at least 4 members (excludes halogenated alkanes) is 30. The highest BCUT2D eigenvalue weighted by Crippen LogP contribution is 2.18. The van der Waals surface area contributed by atoms with Gasteiger partial charge in [0.25, 0.3) is 0 Å². The maximum atomic E-state index is 12.9. The number of carbonyl (C=O) groups is 3. The molecule has 51 heavy (non-hydrogen) atoms. The van der Waals surface area contributed by atoms with Gasteiger partial charge in [0.1, 0.15) is 0 Å². The fourth-order valence-corrected chi connectivity index (χ4v) is 6.80. The highest BCUT2D eigenvalue weighted by Gasteiger charge is 2.20. The van der Waals surface area contributed by atoms with E-state index in [9.17, 15) is 19.5 Å². The van der Waals surface area contributed by atoms with Gasteiger partial charge < -0.3 is 19.4 Å². The first-order valence-corrected chi connectivity index (χ1v) is 21.7. The Kier molecular flexibility index (Phi) is 31.7. The summed E-state index contributed by atoms with van der Waals surface area (Å²) in [4.78, 5) is 37.2. The van der Waals surface area contributed by atoms with Crippen molar-refractivity contribution in [3.8, 4) is 0 Å². The summed E-state index contributed by atoms with van der Waals surface area (Å²) in [5.74, 6) is -2.74. The van der Waals surface area contributed by atoms with Crippen molar-refractivity contribution in [1.29, 1.82) is 0 Å². The molecule has 6 nitrogen and oxygen atoms in total. The molecule has 0 N–H and O–H groups in total. The molecule has 294 valence electrons. The van der Waals surface area contributed by atoms with Gasteiger partial charge >= 0.3 is 11.9 Å². The van der Waals surface area contributed by atoms with Crippen molar-refractivity contribution in [1.82, 2.24) is 0 Å². The summed E-state index contributed by atoms with van der Waals surface area (Å²) in [7, 11) is 0. The first kappa shape index (κ1) is 46.7. The van der Waals surface area contributed by atoms with E-state index in [1.54, 1.807) is 0 Å². The molecule has 0 heterocycles. The van der Waals surface area contributed by atoms with Crippen molar-refractivity contribution in [2.24, 2.45) is 0 Å². The van der Waals surface area contributed by atoms with Crippen LogP contribution >= 0.6 is 0 Å². The second kappa shape index (κ2) is 34.7. The van der Waals surface area contributed by atoms with E-state index in [1.807, 2.05) is 0 Å². The molecule has 0 aliphatic rings. The summed E-state index contributed by atoms with van der Waals surface area (Å²) in [5, 5.41) is 11.4. The molecule has 0 amide bonds. The van der Waals surface area contributed by atoms with E-state index in [0.717, 1.165) is 44.6 Å². The van der Waals surface area contributed by atoms with Crippen molar-refractivity contribution in [3.05, 3.63) is 34.9 Å². The number of rotatable bonds is 37. The lowest BCUT2D eigenvalue weighted by atomic mass is 10.0. The molecule has 0 atom stereocenters. The molecule has 0 bridgehead atoms. The van der Waals surface area contributed by atoms with Crippen LogP contribution in [0.15, 0.2) is 18.2 Å². The zero-order chi connectivity index (χ0) is 37.0. The van der Waals surface area contributed by atoms with Crippen LogP contribution in [0.2, 0.25) is 0 Å². The Balaban J connectivity index is 2.16. The molecule has 6 heteroatoms. The number of carboxylic acid groups (broad SMARTS) is 1. The van der Waals surface area contributed by atoms with Gasteiger partial charge in [0.05, 0.1) is 30.3 Å². The quantitative estimate of drug-likeness (QED) is 0.0503. The summed E-state index contributed by atoms with van der Waals surface area (Å²) in [6.07, 6.45) is 40.6. The van der Waals surface area contributed by atoms with Crippen LogP contribution in [0.4, 0.5) is 0 Å². The lowest BCUT2D eigenvalue weighted by molar-refractivity contribution is -0.255. The van der Waals surface area contributed by atoms with E-state index in [2.05, 4.69) is 13.8 Å². The molecule has 0 fully saturated rings. The molecule has 0 saturated heterocycles. The van der Waals surface area contributed by atoms with Gasteiger partial charge in [0.15, 0.2) is 0 Å². The maximum absolute atomic E-state index is 12.9. The summed E-state index contributed by atoms with van der Waals surface area (Å²) in [6, 6.07) is 3.76. The number of hydrogen-bond acceptors (Lipinski definition) is 6. The first-order chi connectivity index (χ1) is 25.0. The smallest absolute Gasteiger partial charge is 0.339 e. The van der Waals surface area contributed by atoms with Gasteiger partial charge in [-0.3, -0.25) is 0 Å². The van der Waals surface area contributed by atoms with Gasteiger partial charge in [0, 0.05) is 0 Å². The molecule has 1 aromatic carbocycles. The Bertz CT molecular complexity index is 989. The second-order valence-electron chi connectivity index (χ2n) is 14.9. The lowest BCUT2D eigenvalue weighted by Crippen LogP contribution is -2.24. The third-order valence-electron chi connectivity index (χ3n) is 10.2. The van der Waals surface area contributed by atoms with E-state index in [4.69, 9.17) is 9.47 Å². The number of esters is 2. The van der Waals surface area contributed by atoms with Gasteiger partial charge in [-0.15, -0.1) is 0 Å². The van der Waals surface area contributed by atoms with Crippen LogP contribution in [0.1, 0.15) is 250 Å². The fraction of sp³-hybridized carbons (Fsp3) is 0.800. The molecular weight excluding hydrogens is 636 g/mol. The molecular formula is C45H77O6-. The van der Waals surface area contributed by atoms with Crippen molar-refractivity contribution in [2.45, 2.75) is 219 Å². The Labute approximate surface area is 313 Å². The highest BCUT2D eigenvalue weighted by atomic mass is 16.5. The number of aromatic carboxylic acids is 1. The number of benzene rings is 1. The van der Waals surface area contributed by atoms with Gasteiger partial charge in [-0.05, 0) is 30.5 Å². The monoisotopic (exact) mass is 714 g/mol.